The topological polar surface area (TPSA) is 48.1 Å². The maximum absolute atomic E-state index is 5.92. The Kier molecular flexibility index (Phi) is 2.04. The molecule has 0 atom stereocenters. The van der Waals surface area contributed by atoms with Gasteiger partial charge in [0, 0.05) is 11.6 Å². The largest absolute Gasteiger partial charge is 0.479 e. The van der Waals surface area contributed by atoms with Crippen LogP contribution in [0.25, 0.3) is 0 Å². The molecule has 0 unspecified atom stereocenters. The molecule has 3 nitrogen and oxygen atoms in total. The zero-order chi connectivity index (χ0) is 9.42. The van der Waals surface area contributed by atoms with Gasteiger partial charge in [-0.3, -0.25) is 0 Å². The Balaban J connectivity index is 2.43. The summed E-state index contributed by atoms with van der Waals surface area (Å²) < 4.78 is 5.02. The van der Waals surface area contributed by atoms with E-state index in [-0.39, 0.29) is 0 Å². The number of hydrogen-bond acceptors (Lipinski definition) is 3. The average molecular weight is 199 g/mol. The Bertz CT molecular complexity index is 337. The third kappa shape index (κ3) is 1.56. The van der Waals surface area contributed by atoms with Crippen LogP contribution in [-0.4, -0.2) is 12.1 Å². The normalized spacial score (nSPS) is 15.8. The first-order valence-corrected chi connectivity index (χ1v) is 4.60. The maximum atomic E-state index is 5.92. The Hall–Kier alpha value is -0.960. The lowest BCUT2D eigenvalue weighted by Gasteiger charge is -2.07. The summed E-state index contributed by atoms with van der Waals surface area (Å²) in [6.45, 7) is 0. The molecule has 1 fully saturated rings. The van der Waals surface area contributed by atoms with E-state index >= 15 is 0 Å². The van der Waals surface area contributed by atoms with E-state index < -0.39 is 0 Å². The molecule has 1 saturated carbocycles. The van der Waals surface area contributed by atoms with Gasteiger partial charge in [-0.2, -0.15) is 0 Å². The molecule has 0 aliphatic heterocycles. The zero-order valence-corrected chi connectivity index (χ0v) is 8.14. The molecule has 0 spiro atoms. The van der Waals surface area contributed by atoms with Gasteiger partial charge in [-0.25, -0.2) is 4.98 Å². The van der Waals surface area contributed by atoms with Crippen molar-refractivity contribution in [3.05, 3.63) is 16.8 Å². The molecule has 2 rings (SSSR count). The summed E-state index contributed by atoms with van der Waals surface area (Å²) in [4.78, 5) is 4.28. The van der Waals surface area contributed by atoms with Crippen molar-refractivity contribution in [2.45, 2.75) is 18.8 Å². The lowest BCUT2D eigenvalue weighted by Crippen LogP contribution is -1.99. The smallest absolute Gasteiger partial charge is 0.238 e. The highest BCUT2D eigenvalue weighted by Gasteiger charge is 2.26. The number of nitrogens with zero attached hydrogens (tertiary/aromatic N) is 1. The number of nitrogens with two attached hydrogens (primary N) is 1. The minimum atomic E-state index is 0.425. The van der Waals surface area contributed by atoms with Crippen LogP contribution in [0.3, 0.4) is 0 Å². The number of rotatable bonds is 2. The van der Waals surface area contributed by atoms with Crippen LogP contribution in [0.2, 0.25) is 5.02 Å². The molecule has 13 heavy (non-hydrogen) atoms. The minimum Gasteiger partial charge on any atom is -0.479 e. The van der Waals surface area contributed by atoms with Crippen molar-refractivity contribution in [2.75, 3.05) is 12.8 Å². The molecule has 1 aromatic heterocycles. The summed E-state index contributed by atoms with van der Waals surface area (Å²) in [5.74, 6) is 1.00. The predicted molar refractivity (Wildman–Crippen MR) is 52.2 cm³/mol. The first-order chi connectivity index (χ1) is 6.22. The summed E-state index contributed by atoms with van der Waals surface area (Å²) in [5.41, 5.74) is 7.08. The molecule has 1 heterocycles. The first-order valence-electron chi connectivity index (χ1n) is 4.22. The summed E-state index contributed by atoms with van der Waals surface area (Å²) in [7, 11) is 1.55. The molecular formula is C9H11ClN2O. The van der Waals surface area contributed by atoms with Crippen LogP contribution in [0.4, 0.5) is 5.69 Å². The number of nitrogen functional groups attached to an aromatic ring is 1. The molecule has 0 aromatic carbocycles. The maximum Gasteiger partial charge on any atom is 0.238 e. The Labute approximate surface area is 81.9 Å². The van der Waals surface area contributed by atoms with Crippen molar-refractivity contribution >= 4 is 17.3 Å². The average Bonchev–Trinajstić information content (AvgIpc) is 2.92. The fourth-order valence-corrected chi connectivity index (χ4v) is 1.46. The second-order valence-electron chi connectivity index (χ2n) is 3.23. The fraction of sp³-hybridized carbons (Fsp3) is 0.444. The van der Waals surface area contributed by atoms with Crippen molar-refractivity contribution < 1.29 is 4.74 Å². The summed E-state index contributed by atoms with van der Waals surface area (Å²) >= 11 is 5.92. The standard InChI is InChI=1S/C9H11ClN2O/c1-13-9-8(11)6(10)4-7(12-9)5-2-3-5/h4-5H,2-3,11H2,1H3. The summed E-state index contributed by atoms with van der Waals surface area (Å²) in [5, 5.41) is 0.536. The van der Waals surface area contributed by atoms with E-state index in [1.54, 1.807) is 7.11 Å². The van der Waals surface area contributed by atoms with Gasteiger partial charge >= 0.3 is 0 Å². The quantitative estimate of drug-likeness (QED) is 0.793. The molecule has 1 aliphatic carbocycles. The summed E-state index contributed by atoms with van der Waals surface area (Å²) in [6, 6.07) is 1.83. The summed E-state index contributed by atoms with van der Waals surface area (Å²) in [6.07, 6.45) is 2.38. The number of aromatic nitrogens is 1. The van der Waals surface area contributed by atoms with Gasteiger partial charge in [0.2, 0.25) is 5.88 Å². The monoisotopic (exact) mass is 198 g/mol. The molecule has 70 valence electrons. The van der Waals surface area contributed by atoms with E-state index in [1.165, 1.54) is 12.8 Å². The van der Waals surface area contributed by atoms with Gasteiger partial charge in [0.1, 0.15) is 5.69 Å². The minimum absolute atomic E-state index is 0.425. The van der Waals surface area contributed by atoms with Crippen molar-refractivity contribution in [1.82, 2.24) is 4.98 Å². The number of anilines is 1. The number of hydrogen-bond donors (Lipinski definition) is 1. The van der Waals surface area contributed by atoms with Gasteiger partial charge in [-0.05, 0) is 18.9 Å². The Morgan fingerprint density at radius 1 is 1.62 bits per heavy atom. The molecule has 0 saturated heterocycles. The lowest BCUT2D eigenvalue weighted by atomic mass is 10.2. The highest BCUT2D eigenvalue weighted by molar-refractivity contribution is 6.33. The van der Waals surface area contributed by atoms with E-state index in [1.807, 2.05) is 6.07 Å². The van der Waals surface area contributed by atoms with Crippen LogP contribution < -0.4 is 10.5 Å². The molecule has 0 radical (unpaired) electrons. The van der Waals surface area contributed by atoms with Crippen LogP contribution in [0, 0.1) is 0 Å². The molecule has 0 bridgehead atoms. The van der Waals surface area contributed by atoms with Crippen LogP contribution in [0.1, 0.15) is 24.5 Å². The first kappa shape index (κ1) is 8.63. The molecule has 1 aliphatic rings. The zero-order valence-electron chi connectivity index (χ0n) is 7.38. The molecular weight excluding hydrogens is 188 g/mol. The Morgan fingerprint density at radius 2 is 2.31 bits per heavy atom. The third-order valence-electron chi connectivity index (χ3n) is 2.18. The fourth-order valence-electron chi connectivity index (χ4n) is 1.26. The van der Waals surface area contributed by atoms with E-state index in [0.29, 0.717) is 22.5 Å². The highest BCUT2D eigenvalue weighted by atomic mass is 35.5. The van der Waals surface area contributed by atoms with Crippen molar-refractivity contribution in [1.29, 1.82) is 0 Å². The van der Waals surface area contributed by atoms with Crippen LogP contribution in [-0.2, 0) is 0 Å². The molecule has 2 N–H and O–H groups in total. The van der Waals surface area contributed by atoms with E-state index in [9.17, 15) is 0 Å². The Morgan fingerprint density at radius 3 is 2.85 bits per heavy atom. The van der Waals surface area contributed by atoms with Gasteiger partial charge in [0.25, 0.3) is 0 Å². The second-order valence-corrected chi connectivity index (χ2v) is 3.63. The number of pyridine rings is 1. The number of methoxy groups -OCH3 is 1. The van der Waals surface area contributed by atoms with Crippen LogP contribution >= 0.6 is 11.6 Å². The van der Waals surface area contributed by atoms with E-state index in [2.05, 4.69) is 4.98 Å². The SMILES string of the molecule is COc1nc(C2CC2)cc(Cl)c1N. The van der Waals surface area contributed by atoms with Crippen molar-refractivity contribution in [3.63, 3.8) is 0 Å². The molecule has 4 heteroatoms. The third-order valence-corrected chi connectivity index (χ3v) is 2.49. The van der Waals surface area contributed by atoms with Gasteiger partial charge in [-0.15, -0.1) is 0 Å². The van der Waals surface area contributed by atoms with Gasteiger partial charge in [-0.1, -0.05) is 11.6 Å². The van der Waals surface area contributed by atoms with Gasteiger partial charge < -0.3 is 10.5 Å². The van der Waals surface area contributed by atoms with Gasteiger partial charge in [0.05, 0.1) is 12.1 Å². The van der Waals surface area contributed by atoms with Crippen molar-refractivity contribution in [2.24, 2.45) is 0 Å². The van der Waals surface area contributed by atoms with E-state index in [4.69, 9.17) is 22.1 Å². The lowest BCUT2D eigenvalue weighted by molar-refractivity contribution is 0.399. The number of halogens is 1. The predicted octanol–water partition coefficient (Wildman–Crippen LogP) is 2.20. The molecule has 1 aromatic rings. The van der Waals surface area contributed by atoms with Crippen molar-refractivity contribution in [3.8, 4) is 5.88 Å². The van der Waals surface area contributed by atoms with Crippen LogP contribution in [0.5, 0.6) is 5.88 Å². The second kappa shape index (κ2) is 3.07. The van der Waals surface area contributed by atoms with E-state index in [0.717, 1.165) is 5.69 Å². The number of ether oxygens (including phenoxy) is 1. The highest BCUT2D eigenvalue weighted by Crippen LogP contribution is 2.42. The van der Waals surface area contributed by atoms with Crippen LogP contribution in [0.15, 0.2) is 6.07 Å². The molecule has 0 amide bonds. The van der Waals surface area contributed by atoms with Gasteiger partial charge in [0.15, 0.2) is 0 Å².